The molecule has 1 N–H and O–H groups in total. The fraction of sp³-hybridized carbons (Fsp3) is 0.667. The van der Waals surface area contributed by atoms with Crippen LogP contribution in [0.4, 0.5) is 5.95 Å². The van der Waals surface area contributed by atoms with Gasteiger partial charge in [0.05, 0.1) is 12.7 Å². The molecule has 0 saturated carbocycles. The molecule has 2 heterocycles. The zero-order chi connectivity index (χ0) is 12.1. The highest BCUT2D eigenvalue weighted by molar-refractivity contribution is 5.24. The summed E-state index contributed by atoms with van der Waals surface area (Å²) in [5, 5.41) is 3.23. The van der Waals surface area contributed by atoms with E-state index in [0.717, 1.165) is 38.5 Å². The van der Waals surface area contributed by atoms with Gasteiger partial charge in [-0.05, 0) is 19.5 Å². The first kappa shape index (κ1) is 12.3. The van der Waals surface area contributed by atoms with Gasteiger partial charge in [-0.25, -0.2) is 9.97 Å². The lowest BCUT2D eigenvalue weighted by Gasteiger charge is -2.32. The van der Waals surface area contributed by atoms with Gasteiger partial charge in [-0.2, -0.15) is 0 Å². The molecule has 1 atom stereocenters. The number of anilines is 1. The Labute approximate surface area is 102 Å². The molecule has 1 aromatic heterocycles. The molecule has 0 amide bonds. The van der Waals surface area contributed by atoms with E-state index in [4.69, 9.17) is 4.74 Å². The normalized spacial score (nSPS) is 21.4. The first-order chi connectivity index (χ1) is 8.28. The van der Waals surface area contributed by atoms with E-state index in [1.807, 2.05) is 13.0 Å². The van der Waals surface area contributed by atoms with E-state index < -0.39 is 0 Å². The number of aromatic nitrogens is 2. The number of ether oxygens (including phenoxy) is 1. The summed E-state index contributed by atoms with van der Waals surface area (Å²) in [5.74, 6) is 0.683. The fourth-order valence-corrected chi connectivity index (χ4v) is 1.93. The summed E-state index contributed by atoms with van der Waals surface area (Å²) in [7, 11) is 0. The van der Waals surface area contributed by atoms with Crippen molar-refractivity contribution in [2.75, 3.05) is 38.1 Å². The Balaban J connectivity index is 1.81. The van der Waals surface area contributed by atoms with Gasteiger partial charge in [-0.1, -0.05) is 6.92 Å². The minimum atomic E-state index is 0.229. The van der Waals surface area contributed by atoms with Gasteiger partial charge in [0.2, 0.25) is 5.95 Å². The molecule has 5 nitrogen and oxygen atoms in total. The Kier molecular flexibility index (Phi) is 4.28. The number of likely N-dealkylation sites (N-methyl/N-ethyl adjacent to an activating group) is 1. The lowest BCUT2D eigenvalue weighted by molar-refractivity contribution is -0.0192. The van der Waals surface area contributed by atoms with E-state index in [2.05, 4.69) is 27.1 Å². The molecule has 1 aliphatic heterocycles. The fourth-order valence-electron chi connectivity index (χ4n) is 1.93. The number of aryl methyl sites for hydroxylation is 1. The summed E-state index contributed by atoms with van der Waals surface area (Å²) in [4.78, 5) is 10.9. The molecule has 5 heteroatoms. The predicted molar refractivity (Wildman–Crippen MR) is 67.1 cm³/mol. The second kappa shape index (κ2) is 5.93. The molecule has 2 rings (SSSR count). The van der Waals surface area contributed by atoms with Crippen LogP contribution in [0.15, 0.2) is 12.3 Å². The zero-order valence-corrected chi connectivity index (χ0v) is 10.5. The molecule has 17 heavy (non-hydrogen) atoms. The van der Waals surface area contributed by atoms with Crippen molar-refractivity contribution in [2.24, 2.45) is 0 Å². The maximum atomic E-state index is 5.70. The second-order valence-corrected chi connectivity index (χ2v) is 4.29. The van der Waals surface area contributed by atoms with Crippen LogP contribution in [0.2, 0.25) is 0 Å². The minimum Gasteiger partial charge on any atom is -0.374 e. The molecule has 0 bridgehead atoms. The van der Waals surface area contributed by atoms with Crippen LogP contribution in [0.1, 0.15) is 12.6 Å². The third-order valence-corrected chi connectivity index (χ3v) is 2.95. The number of nitrogens with one attached hydrogen (secondary N) is 1. The number of morpholine rings is 1. The molecule has 1 fully saturated rings. The van der Waals surface area contributed by atoms with Gasteiger partial charge >= 0.3 is 0 Å². The standard InChI is InChI=1S/C12H20N4O/c1-3-16-6-7-17-11(9-16)8-14-12-13-5-4-10(2)15-12/h4-5,11H,3,6-9H2,1-2H3,(H,13,14,15). The van der Waals surface area contributed by atoms with Crippen LogP contribution < -0.4 is 5.32 Å². The smallest absolute Gasteiger partial charge is 0.222 e. The quantitative estimate of drug-likeness (QED) is 0.842. The van der Waals surface area contributed by atoms with Gasteiger partial charge in [-0.15, -0.1) is 0 Å². The Hall–Kier alpha value is -1.20. The van der Waals surface area contributed by atoms with Gasteiger partial charge in [0.1, 0.15) is 0 Å². The SMILES string of the molecule is CCN1CCOC(CNc2nccc(C)n2)C1. The van der Waals surface area contributed by atoms with E-state index in [1.54, 1.807) is 6.20 Å². The first-order valence-electron chi connectivity index (χ1n) is 6.15. The van der Waals surface area contributed by atoms with Gasteiger partial charge < -0.3 is 10.1 Å². The van der Waals surface area contributed by atoms with E-state index in [-0.39, 0.29) is 6.10 Å². The summed E-state index contributed by atoms with van der Waals surface area (Å²) < 4.78 is 5.70. The predicted octanol–water partition coefficient (Wildman–Crippen LogP) is 0.918. The third kappa shape index (κ3) is 3.64. The average molecular weight is 236 g/mol. The van der Waals surface area contributed by atoms with Crippen LogP contribution in [-0.2, 0) is 4.74 Å². The zero-order valence-electron chi connectivity index (χ0n) is 10.5. The minimum absolute atomic E-state index is 0.229. The summed E-state index contributed by atoms with van der Waals surface area (Å²) in [5.41, 5.74) is 0.974. The number of nitrogens with zero attached hydrogens (tertiary/aromatic N) is 3. The molecule has 1 saturated heterocycles. The van der Waals surface area contributed by atoms with Crippen molar-refractivity contribution in [1.82, 2.24) is 14.9 Å². The van der Waals surface area contributed by atoms with Crippen molar-refractivity contribution in [3.05, 3.63) is 18.0 Å². The Morgan fingerprint density at radius 1 is 1.59 bits per heavy atom. The van der Waals surface area contributed by atoms with Gasteiger partial charge in [0, 0.05) is 31.5 Å². The maximum Gasteiger partial charge on any atom is 0.222 e. The van der Waals surface area contributed by atoms with E-state index in [1.165, 1.54) is 0 Å². The van der Waals surface area contributed by atoms with Crippen molar-refractivity contribution in [2.45, 2.75) is 20.0 Å². The average Bonchev–Trinajstić information content (AvgIpc) is 2.37. The Bertz CT molecular complexity index is 358. The highest BCUT2D eigenvalue weighted by atomic mass is 16.5. The lowest BCUT2D eigenvalue weighted by atomic mass is 10.2. The summed E-state index contributed by atoms with van der Waals surface area (Å²) in [6.45, 7) is 8.82. The maximum absolute atomic E-state index is 5.70. The van der Waals surface area contributed by atoms with E-state index in [9.17, 15) is 0 Å². The van der Waals surface area contributed by atoms with Crippen molar-refractivity contribution < 1.29 is 4.74 Å². The highest BCUT2D eigenvalue weighted by Crippen LogP contribution is 2.06. The van der Waals surface area contributed by atoms with Crippen LogP contribution in [0.5, 0.6) is 0 Å². The first-order valence-corrected chi connectivity index (χ1v) is 6.15. The highest BCUT2D eigenvalue weighted by Gasteiger charge is 2.18. The van der Waals surface area contributed by atoms with Crippen molar-refractivity contribution >= 4 is 5.95 Å². The Morgan fingerprint density at radius 3 is 3.24 bits per heavy atom. The van der Waals surface area contributed by atoms with Gasteiger partial charge in [0.25, 0.3) is 0 Å². The molecular formula is C12H20N4O. The number of rotatable bonds is 4. The topological polar surface area (TPSA) is 50.3 Å². The molecule has 0 aromatic carbocycles. The van der Waals surface area contributed by atoms with E-state index in [0.29, 0.717) is 5.95 Å². The third-order valence-electron chi connectivity index (χ3n) is 2.95. The molecule has 0 radical (unpaired) electrons. The monoisotopic (exact) mass is 236 g/mol. The number of hydrogen-bond donors (Lipinski definition) is 1. The van der Waals surface area contributed by atoms with Crippen LogP contribution in [0.3, 0.4) is 0 Å². The molecule has 0 spiro atoms. The van der Waals surface area contributed by atoms with Crippen LogP contribution in [0, 0.1) is 6.92 Å². The molecule has 94 valence electrons. The van der Waals surface area contributed by atoms with Crippen LogP contribution >= 0.6 is 0 Å². The van der Waals surface area contributed by atoms with Crippen LogP contribution in [0.25, 0.3) is 0 Å². The largest absolute Gasteiger partial charge is 0.374 e. The second-order valence-electron chi connectivity index (χ2n) is 4.29. The summed E-state index contributed by atoms with van der Waals surface area (Å²) in [6, 6.07) is 1.89. The molecule has 1 aromatic rings. The molecule has 1 aliphatic rings. The van der Waals surface area contributed by atoms with Crippen LogP contribution in [-0.4, -0.2) is 53.8 Å². The van der Waals surface area contributed by atoms with Gasteiger partial charge in [0.15, 0.2) is 0 Å². The van der Waals surface area contributed by atoms with Crippen molar-refractivity contribution in [3.8, 4) is 0 Å². The van der Waals surface area contributed by atoms with Crippen molar-refractivity contribution in [3.63, 3.8) is 0 Å². The van der Waals surface area contributed by atoms with Gasteiger partial charge in [-0.3, -0.25) is 4.90 Å². The summed E-state index contributed by atoms with van der Waals surface area (Å²) >= 11 is 0. The Morgan fingerprint density at radius 2 is 2.47 bits per heavy atom. The molecular weight excluding hydrogens is 216 g/mol. The van der Waals surface area contributed by atoms with Crippen molar-refractivity contribution in [1.29, 1.82) is 0 Å². The summed E-state index contributed by atoms with van der Waals surface area (Å²) in [6.07, 6.45) is 2.00. The molecule has 0 aliphatic carbocycles. The lowest BCUT2D eigenvalue weighted by Crippen LogP contribution is -2.45. The molecule has 1 unspecified atom stereocenters. The number of hydrogen-bond acceptors (Lipinski definition) is 5. The van der Waals surface area contributed by atoms with E-state index >= 15 is 0 Å².